The van der Waals surface area contributed by atoms with E-state index < -0.39 is 5.76 Å². The van der Waals surface area contributed by atoms with Crippen LogP contribution >= 0.6 is 0 Å². The number of H-pyrrole nitrogens is 1. The van der Waals surface area contributed by atoms with Gasteiger partial charge in [-0.1, -0.05) is 54.5 Å². The Hall–Kier alpha value is -4.26. The molecule has 7 heteroatoms. The maximum absolute atomic E-state index is 11.6. The Labute approximate surface area is 214 Å². The molecule has 0 saturated carbocycles. The van der Waals surface area contributed by atoms with Crippen LogP contribution in [0.5, 0.6) is 0 Å². The van der Waals surface area contributed by atoms with Crippen molar-refractivity contribution < 1.29 is 4.52 Å². The summed E-state index contributed by atoms with van der Waals surface area (Å²) in [6.45, 7) is 7.06. The molecule has 7 nitrogen and oxygen atoms in total. The number of imidazole rings is 1. The van der Waals surface area contributed by atoms with Gasteiger partial charge in [0.05, 0.1) is 6.54 Å². The Bertz CT molecular complexity index is 1720. The molecule has 0 amide bonds. The highest BCUT2D eigenvalue weighted by molar-refractivity contribution is 5.93. The van der Waals surface area contributed by atoms with Crippen molar-refractivity contribution in [3.05, 3.63) is 110 Å². The number of benzene rings is 2. The van der Waals surface area contributed by atoms with E-state index in [4.69, 9.17) is 14.5 Å². The Kier molecular flexibility index (Phi) is 5.83. The van der Waals surface area contributed by atoms with Crippen LogP contribution in [0.3, 0.4) is 0 Å². The molecule has 6 rings (SSSR count). The van der Waals surface area contributed by atoms with Gasteiger partial charge in [0.2, 0.25) is 0 Å². The smallest absolute Gasteiger partial charge is 0.308 e. The monoisotopic (exact) mass is 491 g/mol. The molecule has 0 saturated heterocycles. The SMILES string of the molecule is CCCc1nc2c(C)cc(C)nc2n1Cc1ccc2c(c1)CCc1ccccc1C2=Cc1noc(=O)[nH]1. The standard InChI is InChI=1S/C30H29N5O2/c1-4-7-27-33-28-18(2)14-19(3)31-29(28)35(27)17-20-10-13-24-22(15-20)12-11-21-8-5-6-9-23(21)25(24)16-26-32-30(36)37-34-26/h5-6,8-10,13-16H,4,7,11-12,17H2,1-3H3,(H,32,34,36). The second-order valence-electron chi connectivity index (χ2n) is 9.80. The summed E-state index contributed by atoms with van der Waals surface area (Å²) in [5, 5.41) is 3.89. The van der Waals surface area contributed by atoms with Gasteiger partial charge in [0, 0.05) is 12.1 Å². The topological polar surface area (TPSA) is 89.6 Å². The zero-order valence-corrected chi connectivity index (χ0v) is 21.3. The normalized spacial score (nSPS) is 14.1. The Morgan fingerprint density at radius 1 is 1.03 bits per heavy atom. The minimum absolute atomic E-state index is 0.414. The number of aromatic nitrogens is 5. The van der Waals surface area contributed by atoms with E-state index in [-0.39, 0.29) is 0 Å². The molecular weight excluding hydrogens is 462 g/mol. The van der Waals surface area contributed by atoms with E-state index in [0.29, 0.717) is 5.82 Å². The molecule has 0 fully saturated rings. The van der Waals surface area contributed by atoms with Crippen LogP contribution in [0, 0.1) is 13.8 Å². The highest BCUT2D eigenvalue weighted by Crippen LogP contribution is 2.35. The molecule has 1 aliphatic rings. The Morgan fingerprint density at radius 2 is 1.84 bits per heavy atom. The van der Waals surface area contributed by atoms with Crippen LogP contribution in [0.2, 0.25) is 0 Å². The molecule has 186 valence electrons. The number of rotatable bonds is 5. The minimum atomic E-state index is -0.557. The molecule has 1 N–H and O–H groups in total. The average Bonchev–Trinajstić information content (AvgIpc) is 3.40. The predicted molar refractivity (Wildman–Crippen MR) is 144 cm³/mol. The van der Waals surface area contributed by atoms with Gasteiger partial charge in [-0.05, 0) is 84.2 Å². The third kappa shape index (κ3) is 4.31. The highest BCUT2D eigenvalue weighted by atomic mass is 16.5. The molecule has 0 radical (unpaired) electrons. The van der Waals surface area contributed by atoms with Crippen molar-refractivity contribution in [3.63, 3.8) is 0 Å². The molecule has 3 aromatic heterocycles. The summed E-state index contributed by atoms with van der Waals surface area (Å²) in [6.07, 6.45) is 5.72. The summed E-state index contributed by atoms with van der Waals surface area (Å²) in [6, 6.07) is 17.2. The summed E-state index contributed by atoms with van der Waals surface area (Å²) in [4.78, 5) is 24.1. The molecule has 0 aliphatic heterocycles. The van der Waals surface area contributed by atoms with Gasteiger partial charge < -0.3 is 4.57 Å². The maximum Gasteiger partial charge on any atom is 0.439 e. The van der Waals surface area contributed by atoms with Crippen molar-refractivity contribution in [3.8, 4) is 0 Å². The molecule has 0 unspecified atom stereocenters. The lowest BCUT2D eigenvalue weighted by molar-refractivity contribution is 0.385. The minimum Gasteiger partial charge on any atom is -0.308 e. The van der Waals surface area contributed by atoms with Gasteiger partial charge in [-0.15, -0.1) is 0 Å². The van der Waals surface area contributed by atoms with Gasteiger partial charge in [0.15, 0.2) is 11.5 Å². The van der Waals surface area contributed by atoms with Crippen molar-refractivity contribution in [2.75, 3.05) is 0 Å². The fraction of sp³-hybridized carbons (Fsp3) is 0.267. The predicted octanol–water partition coefficient (Wildman–Crippen LogP) is 5.41. The third-order valence-corrected chi connectivity index (χ3v) is 7.08. The van der Waals surface area contributed by atoms with Gasteiger partial charge >= 0.3 is 5.76 Å². The average molecular weight is 492 g/mol. The van der Waals surface area contributed by atoms with Gasteiger partial charge in [-0.25, -0.2) is 14.8 Å². The van der Waals surface area contributed by atoms with Crippen molar-refractivity contribution >= 4 is 22.8 Å². The molecular formula is C30H29N5O2. The molecule has 37 heavy (non-hydrogen) atoms. The van der Waals surface area contributed by atoms with E-state index in [1.54, 1.807) is 0 Å². The zero-order chi connectivity index (χ0) is 25.5. The first-order valence-corrected chi connectivity index (χ1v) is 12.8. The molecule has 2 aromatic carbocycles. The number of hydrogen-bond donors (Lipinski definition) is 1. The van der Waals surface area contributed by atoms with Crippen LogP contribution in [-0.4, -0.2) is 24.7 Å². The van der Waals surface area contributed by atoms with E-state index in [1.807, 2.05) is 19.1 Å². The van der Waals surface area contributed by atoms with E-state index in [9.17, 15) is 4.79 Å². The van der Waals surface area contributed by atoms with E-state index in [2.05, 4.69) is 71.0 Å². The zero-order valence-electron chi connectivity index (χ0n) is 21.3. The lowest BCUT2D eigenvalue weighted by atomic mass is 9.92. The number of pyridine rings is 1. The summed E-state index contributed by atoms with van der Waals surface area (Å²) in [5.74, 6) is 0.938. The van der Waals surface area contributed by atoms with Gasteiger partial charge in [-0.3, -0.25) is 9.51 Å². The lowest BCUT2D eigenvalue weighted by Gasteiger charge is -2.14. The first-order chi connectivity index (χ1) is 18.0. The fourth-order valence-electron chi connectivity index (χ4n) is 5.44. The number of nitrogens with one attached hydrogen (secondary N) is 1. The van der Waals surface area contributed by atoms with Gasteiger partial charge in [-0.2, -0.15) is 0 Å². The van der Waals surface area contributed by atoms with Gasteiger partial charge in [0.1, 0.15) is 11.3 Å². The number of fused-ring (bicyclic) bond motifs is 3. The van der Waals surface area contributed by atoms with Crippen molar-refractivity contribution in [1.82, 2.24) is 24.7 Å². The van der Waals surface area contributed by atoms with Crippen molar-refractivity contribution in [2.45, 2.75) is 53.0 Å². The van der Waals surface area contributed by atoms with E-state index in [0.717, 1.165) is 71.6 Å². The summed E-state index contributed by atoms with van der Waals surface area (Å²) >= 11 is 0. The molecule has 0 bridgehead atoms. The fourth-order valence-corrected chi connectivity index (χ4v) is 5.44. The lowest BCUT2D eigenvalue weighted by Crippen LogP contribution is -2.07. The molecule has 0 spiro atoms. The van der Waals surface area contributed by atoms with Crippen molar-refractivity contribution in [1.29, 1.82) is 0 Å². The molecule has 5 aromatic rings. The Morgan fingerprint density at radius 3 is 2.65 bits per heavy atom. The molecule has 3 heterocycles. The first kappa shape index (κ1) is 23.2. The summed E-state index contributed by atoms with van der Waals surface area (Å²) in [7, 11) is 0. The van der Waals surface area contributed by atoms with Crippen molar-refractivity contribution in [2.24, 2.45) is 0 Å². The van der Waals surface area contributed by atoms with Crippen LogP contribution in [0.25, 0.3) is 22.8 Å². The largest absolute Gasteiger partial charge is 0.439 e. The number of nitrogens with zero attached hydrogens (tertiary/aromatic N) is 4. The van der Waals surface area contributed by atoms with Crippen LogP contribution < -0.4 is 5.76 Å². The van der Waals surface area contributed by atoms with Crippen LogP contribution in [0.1, 0.15) is 64.1 Å². The van der Waals surface area contributed by atoms with E-state index >= 15 is 0 Å². The van der Waals surface area contributed by atoms with E-state index in [1.165, 1.54) is 22.3 Å². The van der Waals surface area contributed by atoms with Gasteiger partial charge in [0.25, 0.3) is 0 Å². The first-order valence-electron chi connectivity index (χ1n) is 12.8. The van der Waals surface area contributed by atoms with Crippen LogP contribution in [0.4, 0.5) is 0 Å². The number of aromatic amines is 1. The summed E-state index contributed by atoms with van der Waals surface area (Å²) < 4.78 is 7.03. The van der Waals surface area contributed by atoms with Crippen LogP contribution in [0.15, 0.2) is 57.8 Å². The maximum atomic E-state index is 11.6. The molecule has 0 atom stereocenters. The quantitative estimate of drug-likeness (QED) is 0.355. The second kappa shape index (κ2) is 9.32. The molecule has 1 aliphatic carbocycles. The highest BCUT2D eigenvalue weighted by Gasteiger charge is 2.20. The Balaban J connectivity index is 1.45. The number of aryl methyl sites for hydroxylation is 5. The second-order valence-corrected chi connectivity index (χ2v) is 9.80. The third-order valence-electron chi connectivity index (χ3n) is 7.08. The summed E-state index contributed by atoms with van der Waals surface area (Å²) in [5.41, 5.74) is 11.2. The van der Waals surface area contributed by atoms with Crippen LogP contribution in [-0.2, 0) is 25.8 Å². The number of hydrogen-bond acceptors (Lipinski definition) is 5.